The molecule has 0 radical (unpaired) electrons. The predicted octanol–water partition coefficient (Wildman–Crippen LogP) is 11.9. The Morgan fingerprint density at radius 1 is 0.467 bits per heavy atom. The van der Waals surface area contributed by atoms with Gasteiger partial charge in [-0.3, -0.25) is 9.59 Å². The number of unbranched alkanes of at least 4 members (excludes halogenated alkanes) is 22. The second-order valence-corrected chi connectivity index (χ2v) is 13.6. The lowest BCUT2D eigenvalue weighted by Crippen LogP contribution is -2.46. The van der Waals surface area contributed by atoms with Crippen LogP contribution in [0.15, 0.2) is 24.3 Å². The SMILES string of the molecule is CCCCCCCC/C=C\CCCCCCCC(=O)OCC(C)(N)COC(=O)CCCCCCC/C=C\CCCCCCCC. The van der Waals surface area contributed by atoms with Gasteiger partial charge in [-0.15, -0.1) is 0 Å². The van der Waals surface area contributed by atoms with Gasteiger partial charge in [0.2, 0.25) is 0 Å². The van der Waals surface area contributed by atoms with Crippen LogP contribution in [0.1, 0.15) is 201 Å². The van der Waals surface area contributed by atoms with Crippen LogP contribution in [-0.4, -0.2) is 30.7 Å². The van der Waals surface area contributed by atoms with Gasteiger partial charge in [-0.05, 0) is 71.1 Å². The number of ether oxygens (including phenoxy) is 2. The number of esters is 2. The van der Waals surface area contributed by atoms with Crippen molar-refractivity contribution >= 4 is 11.9 Å². The molecule has 0 aromatic heterocycles. The highest BCUT2D eigenvalue weighted by Crippen LogP contribution is 2.13. The predicted molar refractivity (Wildman–Crippen MR) is 193 cm³/mol. The Balaban J connectivity index is 3.58. The molecule has 0 aliphatic heterocycles. The molecular weight excluding hydrogens is 558 g/mol. The van der Waals surface area contributed by atoms with Crippen LogP contribution in [0.3, 0.4) is 0 Å². The Labute approximate surface area is 279 Å². The van der Waals surface area contributed by atoms with E-state index in [0.29, 0.717) is 12.8 Å². The third-order valence-electron chi connectivity index (χ3n) is 8.41. The molecule has 0 aliphatic rings. The smallest absolute Gasteiger partial charge is 0.305 e. The highest BCUT2D eigenvalue weighted by atomic mass is 16.5. The molecule has 2 N–H and O–H groups in total. The van der Waals surface area contributed by atoms with Gasteiger partial charge in [0, 0.05) is 12.8 Å². The molecule has 0 saturated carbocycles. The molecule has 0 saturated heterocycles. The Kier molecular flexibility index (Phi) is 32.5. The topological polar surface area (TPSA) is 78.6 Å². The quantitative estimate of drug-likeness (QED) is 0.0433. The molecule has 264 valence electrons. The van der Waals surface area contributed by atoms with Crippen LogP contribution in [0.5, 0.6) is 0 Å². The monoisotopic (exact) mass is 634 g/mol. The van der Waals surface area contributed by atoms with Crippen molar-refractivity contribution in [3.05, 3.63) is 24.3 Å². The molecule has 0 heterocycles. The molecule has 5 nitrogen and oxygen atoms in total. The maximum atomic E-state index is 12.1. The van der Waals surface area contributed by atoms with E-state index in [4.69, 9.17) is 15.2 Å². The average molecular weight is 634 g/mol. The van der Waals surface area contributed by atoms with Crippen LogP contribution in [0.4, 0.5) is 0 Å². The Hall–Kier alpha value is -1.62. The van der Waals surface area contributed by atoms with Crippen molar-refractivity contribution in [2.24, 2.45) is 5.73 Å². The van der Waals surface area contributed by atoms with Gasteiger partial charge < -0.3 is 15.2 Å². The fraction of sp³-hybridized carbons (Fsp3) is 0.850. The van der Waals surface area contributed by atoms with Gasteiger partial charge in [0.05, 0.1) is 5.54 Å². The van der Waals surface area contributed by atoms with Gasteiger partial charge in [-0.1, -0.05) is 141 Å². The largest absolute Gasteiger partial charge is 0.464 e. The summed E-state index contributed by atoms with van der Waals surface area (Å²) in [5.74, 6) is -0.437. The fourth-order valence-electron chi connectivity index (χ4n) is 5.36. The number of hydrogen-bond acceptors (Lipinski definition) is 5. The van der Waals surface area contributed by atoms with E-state index in [1.165, 1.54) is 116 Å². The van der Waals surface area contributed by atoms with Crippen LogP contribution >= 0.6 is 0 Å². The lowest BCUT2D eigenvalue weighted by molar-refractivity contribution is -0.149. The van der Waals surface area contributed by atoms with E-state index in [0.717, 1.165) is 51.4 Å². The maximum absolute atomic E-state index is 12.1. The summed E-state index contributed by atoms with van der Waals surface area (Å²) in [5, 5.41) is 0. The molecule has 0 aromatic rings. The van der Waals surface area contributed by atoms with E-state index in [1.54, 1.807) is 6.92 Å². The maximum Gasteiger partial charge on any atom is 0.305 e. The summed E-state index contributed by atoms with van der Waals surface area (Å²) in [6.07, 6.45) is 42.2. The third kappa shape index (κ3) is 35.1. The molecule has 5 heteroatoms. The number of nitrogens with two attached hydrogens (primary N) is 1. The minimum absolute atomic E-state index is 0.0671. The zero-order valence-electron chi connectivity index (χ0n) is 30.2. The van der Waals surface area contributed by atoms with Crippen molar-refractivity contribution in [1.82, 2.24) is 0 Å². The van der Waals surface area contributed by atoms with Crippen LogP contribution in [-0.2, 0) is 19.1 Å². The molecule has 0 rings (SSSR count). The Morgan fingerprint density at radius 2 is 0.733 bits per heavy atom. The summed E-state index contributed by atoms with van der Waals surface area (Å²) in [6.45, 7) is 6.42. The van der Waals surface area contributed by atoms with E-state index < -0.39 is 5.54 Å². The van der Waals surface area contributed by atoms with Gasteiger partial charge in [-0.2, -0.15) is 0 Å². The highest BCUT2D eigenvalue weighted by molar-refractivity contribution is 5.70. The van der Waals surface area contributed by atoms with E-state index in [1.807, 2.05) is 0 Å². The van der Waals surface area contributed by atoms with Gasteiger partial charge in [0.15, 0.2) is 0 Å². The number of rotatable bonds is 34. The second-order valence-electron chi connectivity index (χ2n) is 13.6. The van der Waals surface area contributed by atoms with Crippen LogP contribution in [0.25, 0.3) is 0 Å². The number of carbonyl (C=O) groups excluding carboxylic acids is 2. The molecule has 0 fully saturated rings. The molecule has 0 amide bonds. The summed E-state index contributed by atoms with van der Waals surface area (Å²) in [6, 6.07) is 0. The molecule has 0 unspecified atom stereocenters. The number of hydrogen-bond donors (Lipinski definition) is 1. The zero-order valence-corrected chi connectivity index (χ0v) is 30.2. The van der Waals surface area contributed by atoms with Crippen molar-refractivity contribution in [2.45, 2.75) is 206 Å². The summed E-state index contributed by atoms with van der Waals surface area (Å²) in [7, 11) is 0. The van der Waals surface area contributed by atoms with Crippen LogP contribution in [0.2, 0.25) is 0 Å². The lowest BCUT2D eigenvalue weighted by Gasteiger charge is -2.23. The second kappa shape index (κ2) is 33.7. The minimum atomic E-state index is -0.865. The van der Waals surface area contributed by atoms with Gasteiger partial charge >= 0.3 is 11.9 Å². The highest BCUT2D eigenvalue weighted by Gasteiger charge is 2.23. The summed E-state index contributed by atoms with van der Waals surface area (Å²) in [5.41, 5.74) is 5.35. The molecule has 0 bridgehead atoms. The first-order chi connectivity index (χ1) is 21.9. The van der Waals surface area contributed by atoms with E-state index in [-0.39, 0.29) is 25.2 Å². The first kappa shape index (κ1) is 43.4. The molecule has 0 aliphatic carbocycles. The van der Waals surface area contributed by atoms with E-state index >= 15 is 0 Å². The molecule has 0 spiro atoms. The zero-order chi connectivity index (χ0) is 33.1. The fourth-order valence-corrected chi connectivity index (χ4v) is 5.36. The first-order valence-corrected chi connectivity index (χ1v) is 19.3. The van der Waals surface area contributed by atoms with Gasteiger partial charge in [0.25, 0.3) is 0 Å². The van der Waals surface area contributed by atoms with E-state index in [9.17, 15) is 9.59 Å². The van der Waals surface area contributed by atoms with Gasteiger partial charge in [-0.25, -0.2) is 0 Å². The van der Waals surface area contributed by atoms with Gasteiger partial charge in [0.1, 0.15) is 13.2 Å². The van der Waals surface area contributed by atoms with Crippen molar-refractivity contribution in [3.63, 3.8) is 0 Å². The van der Waals surface area contributed by atoms with E-state index in [2.05, 4.69) is 38.2 Å². The van der Waals surface area contributed by atoms with Crippen molar-refractivity contribution < 1.29 is 19.1 Å². The summed E-state index contributed by atoms with van der Waals surface area (Å²) < 4.78 is 10.8. The summed E-state index contributed by atoms with van der Waals surface area (Å²) >= 11 is 0. The first-order valence-electron chi connectivity index (χ1n) is 19.3. The standard InChI is InChI=1S/C40H75NO4/c1-4-6-8-10-12-14-16-18-20-22-24-26-28-30-32-34-38(42)44-36-40(3,41)37-45-39(43)35-33-31-29-27-25-23-21-19-17-15-13-11-9-7-5-2/h18-21H,4-17,22-37,41H2,1-3H3/b20-18-,21-19-. The lowest BCUT2D eigenvalue weighted by atomic mass is 10.1. The normalized spacial score (nSPS) is 12.0. The van der Waals surface area contributed by atoms with Crippen LogP contribution in [0, 0.1) is 0 Å². The summed E-state index contributed by atoms with van der Waals surface area (Å²) in [4.78, 5) is 24.3. The Morgan fingerprint density at radius 3 is 1.04 bits per heavy atom. The third-order valence-corrected chi connectivity index (χ3v) is 8.41. The van der Waals surface area contributed by atoms with Crippen molar-refractivity contribution in [2.75, 3.05) is 13.2 Å². The van der Waals surface area contributed by atoms with Crippen molar-refractivity contribution in [1.29, 1.82) is 0 Å². The Bertz CT molecular complexity index is 657. The molecule has 0 atom stereocenters. The molecular formula is C40H75NO4. The number of carbonyl (C=O) groups is 2. The molecule has 45 heavy (non-hydrogen) atoms. The minimum Gasteiger partial charge on any atom is -0.464 e. The van der Waals surface area contributed by atoms with Crippen molar-refractivity contribution in [3.8, 4) is 0 Å². The average Bonchev–Trinajstić information content (AvgIpc) is 3.03. The number of allylic oxidation sites excluding steroid dienone is 4. The molecule has 0 aromatic carbocycles. The van der Waals surface area contributed by atoms with Crippen LogP contribution < -0.4 is 5.73 Å².